The molecule has 1 atom stereocenters. The topological polar surface area (TPSA) is 38.3 Å². The molecule has 3 heteroatoms. The van der Waals surface area contributed by atoms with Gasteiger partial charge < -0.3 is 10.1 Å². The molecule has 1 fully saturated rings. The van der Waals surface area contributed by atoms with Crippen LogP contribution in [-0.4, -0.2) is 19.1 Å². The quantitative estimate of drug-likeness (QED) is 0.647. The van der Waals surface area contributed by atoms with Crippen LogP contribution in [0.25, 0.3) is 0 Å². The normalized spacial score (nSPS) is 28.2. The number of carbonyl (C=O) groups excluding carboxylic acids is 1. The Bertz CT molecular complexity index is 433. The number of aryl methyl sites for hydroxylation is 1. The molecule has 1 saturated heterocycles. The maximum absolute atomic E-state index is 11.7. The van der Waals surface area contributed by atoms with Gasteiger partial charge in [0, 0.05) is 18.5 Å². The fourth-order valence-electron chi connectivity index (χ4n) is 2.50. The third kappa shape index (κ3) is 1.13. The van der Waals surface area contributed by atoms with Crippen LogP contribution in [0.5, 0.6) is 0 Å². The zero-order valence-corrected chi connectivity index (χ0v) is 8.67. The smallest absolute Gasteiger partial charge is 0.339 e. The van der Waals surface area contributed by atoms with Gasteiger partial charge in [0.2, 0.25) is 0 Å². The maximum atomic E-state index is 11.7. The average Bonchev–Trinajstić information content (AvgIpc) is 2.76. The van der Waals surface area contributed by atoms with Gasteiger partial charge in [-0.05, 0) is 19.5 Å². The van der Waals surface area contributed by atoms with E-state index in [4.69, 9.17) is 4.74 Å². The summed E-state index contributed by atoms with van der Waals surface area (Å²) in [5, 5.41) is 3.25. The van der Waals surface area contributed by atoms with Gasteiger partial charge in [0.15, 0.2) is 5.60 Å². The van der Waals surface area contributed by atoms with Crippen LogP contribution in [-0.2, 0) is 10.3 Å². The number of ether oxygens (including phenoxy) is 1. The van der Waals surface area contributed by atoms with Crippen LogP contribution in [0.4, 0.5) is 0 Å². The van der Waals surface area contributed by atoms with Gasteiger partial charge in [0.1, 0.15) is 0 Å². The first kappa shape index (κ1) is 8.92. The first-order valence-corrected chi connectivity index (χ1v) is 5.26. The Morgan fingerprint density at radius 3 is 3.07 bits per heavy atom. The van der Waals surface area contributed by atoms with Crippen molar-refractivity contribution in [1.29, 1.82) is 0 Å². The molecule has 1 aromatic rings. The van der Waals surface area contributed by atoms with Gasteiger partial charge in [-0.3, -0.25) is 0 Å². The summed E-state index contributed by atoms with van der Waals surface area (Å²) < 4.78 is 5.53. The predicted molar refractivity (Wildman–Crippen MR) is 55.8 cm³/mol. The van der Waals surface area contributed by atoms with Crippen LogP contribution in [0.2, 0.25) is 0 Å². The number of rotatable bonds is 0. The highest BCUT2D eigenvalue weighted by atomic mass is 16.6. The van der Waals surface area contributed by atoms with Crippen LogP contribution in [0.3, 0.4) is 0 Å². The molecule has 78 valence electrons. The Morgan fingerprint density at radius 2 is 2.33 bits per heavy atom. The fraction of sp³-hybridized carbons (Fsp3) is 0.417. The molecule has 1 aromatic carbocycles. The van der Waals surface area contributed by atoms with Crippen molar-refractivity contribution in [3.63, 3.8) is 0 Å². The summed E-state index contributed by atoms with van der Waals surface area (Å²) in [5.74, 6) is -0.169. The Balaban J connectivity index is 2.17. The van der Waals surface area contributed by atoms with Crippen molar-refractivity contribution >= 4 is 5.97 Å². The van der Waals surface area contributed by atoms with Crippen LogP contribution < -0.4 is 5.32 Å². The lowest BCUT2D eigenvalue weighted by Gasteiger charge is -2.21. The Hall–Kier alpha value is -1.35. The standard InChI is InChI=1S/C12H13NO2/c1-8-2-3-10-9(6-8)11(14)15-12(10)4-5-13-7-12/h2-3,6,13H,4-5,7H2,1H3. The van der Waals surface area contributed by atoms with Crippen molar-refractivity contribution in [1.82, 2.24) is 5.32 Å². The first-order valence-electron chi connectivity index (χ1n) is 5.26. The highest BCUT2D eigenvalue weighted by molar-refractivity contribution is 5.95. The van der Waals surface area contributed by atoms with E-state index in [0.29, 0.717) is 0 Å². The summed E-state index contributed by atoms with van der Waals surface area (Å²) in [6, 6.07) is 5.99. The number of fused-ring (bicyclic) bond motifs is 2. The van der Waals surface area contributed by atoms with Gasteiger partial charge in [-0.2, -0.15) is 0 Å². The number of carbonyl (C=O) groups is 1. The van der Waals surface area contributed by atoms with Gasteiger partial charge in [0.05, 0.1) is 5.56 Å². The molecular formula is C12H13NO2. The SMILES string of the molecule is Cc1ccc2c(c1)C(=O)OC21CCNC1. The molecule has 1 N–H and O–H groups in total. The van der Waals surface area contributed by atoms with E-state index in [0.717, 1.165) is 36.2 Å². The summed E-state index contributed by atoms with van der Waals surface area (Å²) in [6.45, 7) is 3.65. The van der Waals surface area contributed by atoms with Crippen molar-refractivity contribution in [2.75, 3.05) is 13.1 Å². The highest BCUT2D eigenvalue weighted by Gasteiger charge is 2.47. The minimum absolute atomic E-state index is 0.169. The van der Waals surface area contributed by atoms with Crippen molar-refractivity contribution < 1.29 is 9.53 Å². The molecule has 15 heavy (non-hydrogen) atoms. The Kier molecular flexibility index (Phi) is 1.68. The minimum Gasteiger partial charge on any atom is -0.449 e. The van der Waals surface area contributed by atoms with E-state index in [1.807, 2.05) is 25.1 Å². The van der Waals surface area contributed by atoms with E-state index in [1.54, 1.807) is 0 Å². The minimum atomic E-state index is -0.375. The zero-order chi connectivity index (χ0) is 10.5. The average molecular weight is 203 g/mol. The van der Waals surface area contributed by atoms with Gasteiger partial charge in [-0.1, -0.05) is 17.7 Å². The molecule has 2 heterocycles. The molecule has 2 aliphatic heterocycles. The van der Waals surface area contributed by atoms with Gasteiger partial charge >= 0.3 is 5.97 Å². The molecule has 1 spiro atoms. The Morgan fingerprint density at radius 1 is 1.47 bits per heavy atom. The number of hydrogen-bond donors (Lipinski definition) is 1. The molecule has 1 unspecified atom stereocenters. The summed E-state index contributed by atoms with van der Waals surface area (Å²) in [6.07, 6.45) is 0.884. The van der Waals surface area contributed by atoms with Crippen LogP contribution >= 0.6 is 0 Å². The molecule has 2 aliphatic rings. The molecule has 0 saturated carbocycles. The summed E-state index contributed by atoms with van der Waals surface area (Å²) in [4.78, 5) is 11.7. The number of esters is 1. The molecule has 0 aliphatic carbocycles. The molecule has 3 rings (SSSR count). The van der Waals surface area contributed by atoms with E-state index in [-0.39, 0.29) is 11.6 Å². The first-order chi connectivity index (χ1) is 7.21. The maximum Gasteiger partial charge on any atom is 0.339 e. The molecule has 0 radical (unpaired) electrons. The second-order valence-corrected chi connectivity index (χ2v) is 4.36. The van der Waals surface area contributed by atoms with Crippen molar-refractivity contribution in [3.05, 3.63) is 34.9 Å². The van der Waals surface area contributed by atoms with Crippen molar-refractivity contribution in [2.24, 2.45) is 0 Å². The Labute approximate surface area is 88.4 Å². The second-order valence-electron chi connectivity index (χ2n) is 4.36. The number of benzene rings is 1. The van der Waals surface area contributed by atoms with Gasteiger partial charge in [-0.25, -0.2) is 4.79 Å². The third-order valence-corrected chi connectivity index (χ3v) is 3.29. The third-order valence-electron chi connectivity index (χ3n) is 3.29. The van der Waals surface area contributed by atoms with Crippen LogP contribution in [0.1, 0.15) is 27.9 Å². The summed E-state index contributed by atoms with van der Waals surface area (Å²) >= 11 is 0. The van der Waals surface area contributed by atoms with Crippen molar-refractivity contribution in [3.8, 4) is 0 Å². The summed E-state index contributed by atoms with van der Waals surface area (Å²) in [5.41, 5.74) is 2.54. The second kappa shape index (κ2) is 2.83. The summed E-state index contributed by atoms with van der Waals surface area (Å²) in [7, 11) is 0. The monoisotopic (exact) mass is 203 g/mol. The van der Waals surface area contributed by atoms with E-state index in [1.165, 1.54) is 0 Å². The zero-order valence-electron chi connectivity index (χ0n) is 8.67. The van der Waals surface area contributed by atoms with Crippen LogP contribution in [0, 0.1) is 6.92 Å². The lowest BCUT2D eigenvalue weighted by Crippen LogP contribution is -2.28. The molecular weight excluding hydrogens is 190 g/mol. The van der Waals surface area contributed by atoms with E-state index in [2.05, 4.69) is 5.32 Å². The largest absolute Gasteiger partial charge is 0.449 e. The van der Waals surface area contributed by atoms with E-state index < -0.39 is 0 Å². The highest BCUT2D eigenvalue weighted by Crippen LogP contribution is 2.40. The van der Waals surface area contributed by atoms with Crippen LogP contribution in [0.15, 0.2) is 18.2 Å². The molecule has 0 bridgehead atoms. The van der Waals surface area contributed by atoms with Crippen molar-refractivity contribution in [2.45, 2.75) is 18.9 Å². The van der Waals surface area contributed by atoms with Gasteiger partial charge in [-0.15, -0.1) is 0 Å². The lowest BCUT2D eigenvalue weighted by molar-refractivity contribution is 0.00164. The van der Waals surface area contributed by atoms with E-state index >= 15 is 0 Å². The fourth-order valence-corrected chi connectivity index (χ4v) is 2.50. The van der Waals surface area contributed by atoms with E-state index in [9.17, 15) is 4.79 Å². The molecule has 3 nitrogen and oxygen atoms in total. The number of nitrogens with one attached hydrogen (secondary N) is 1. The molecule has 0 amide bonds. The lowest BCUT2D eigenvalue weighted by atomic mass is 9.91. The van der Waals surface area contributed by atoms with Gasteiger partial charge in [0.25, 0.3) is 0 Å². The number of hydrogen-bond acceptors (Lipinski definition) is 3. The molecule has 0 aromatic heterocycles. The predicted octanol–water partition coefficient (Wildman–Crippen LogP) is 1.35.